The summed E-state index contributed by atoms with van der Waals surface area (Å²) in [7, 11) is 0. The molecule has 7 heteroatoms. The number of amides is 2. The van der Waals surface area contributed by atoms with Gasteiger partial charge in [0.15, 0.2) is 0 Å². The minimum Gasteiger partial charge on any atom is -0.472 e. The predicted octanol–water partition coefficient (Wildman–Crippen LogP) is 2.43. The number of furan rings is 1. The van der Waals surface area contributed by atoms with Crippen LogP contribution in [0, 0.1) is 0 Å². The molecule has 0 fully saturated rings. The van der Waals surface area contributed by atoms with E-state index in [1.807, 2.05) is 30.3 Å². The Kier molecular flexibility index (Phi) is 4.71. The molecule has 3 aromatic rings. The number of aromatic amines is 1. The van der Waals surface area contributed by atoms with Gasteiger partial charge in [-0.3, -0.25) is 14.7 Å². The second-order valence-electron chi connectivity index (χ2n) is 5.12. The zero-order chi connectivity index (χ0) is 16.8. The van der Waals surface area contributed by atoms with Crippen LogP contribution in [0.5, 0.6) is 0 Å². The molecule has 0 aliphatic rings. The van der Waals surface area contributed by atoms with E-state index in [1.165, 1.54) is 12.5 Å². The first-order valence-electron chi connectivity index (χ1n) is 7.42. The monoisotopic (exact) mass is 324 g/mol. The summed E-state index contributed by atoms with van der Waals surface area (Å²) in [6.45, 7) is 0.246. The van der Waals surface area contributed by atoms with Crippen LogP contribution in [-0.2, 0) is 4.79 Å². The van der Waals surface area contributed by atoms with Crippen LogP contribution in [0.4, 0.5) is 5.69 Å². The number of hydrogen-bond acceptors (Lipinski definition) is 4. The van der Waals surface area contributed by atoms with E-state index in [0.717, 1.165) is 11.3 Å². The highest BCUT2D eigenvalue weighted by atomic mass is 16.3. The fourth-order valence-corrected chi connectivity index (χ4v) is 2.19. The highest BCUT2D eigenvalue weighted by Gasteiger charge is 2.08. The quantitative estimate of drug-likeness (QED) is 0.648. The topological polar surface area (TPSA) is 100 Å². The smallest absolute Gasteiger partial charge is 0.254 e. The second-order valence-corrected chi connectivity index (χ2v) is 5.12. The maximum atomic E-state index is 12.0. The SMILES string of the molecule is O=C(CCNC(=O)c1ccoc1)Nc1cccc(-c2ccn[nH]2)c1. The summed E-state index contributed by atoms with van der Waals surface area (Å²) in [6.07, 6.45) is 4.63. The van der Waals surface area contributed by atoms with Crippen molar-refractivity contribution in [2.24, 2.45) is 0 Å². The van der Waals surface area contributed by atoms with Crippen molar-refractivity contribution in [3.05, 3.63) is 60.7 Å². The molecule has 3 N–H and O–H groups in total. The van der Waals surface area contributed by atoms with Crippen LogP contribution < -0.4 is 10.6 Å². The van der Waals surface area contributed by atoms with Gasteiger partial charge in [0.1, 0.15) is 6.26 Å². The predicted molar refractivity (Wildman–Crippen MR) is 88.3 cm³/mol. The Hall–Kier alpha value is -3.35. The van der Waals surface area contributed by atoms with E-state index < -0.39 is 0 Å². The van der Waals surface area contributed by atoms with Gasteiger partial charge >= 0.3 is 0 Å². The highest BCUT2D eigenvalue weighted by Crippen LogP contribution is 2.20. The average Bonchev–Trinajstić information content (AvgIpc) is 3.29. The lowest BCUT2D eigenvalue weighted by Crippen LogP contribution is -2.27. The van der Waals surface area contributed by atoms with Crippen LogP contribution in [0.15, 0.2) is 59.5 Å². The number of carbonyl (C=O) groups excluding carboxylic acids is 2. The van der Waals surface area contributed by atoms with E-state index in [9.17, 15) is 9.59 Å². The maximum Gasteiger partial charge on any atom is 0.254 e. The molecular weight excluding hydrogens is 308 g/mol. The summed E-state index contributed by atoms with van der Waals surface area (Å²) in [5, 5.41) is 12.3. The molecule has 0 unspecified atom stereocenters. The second kappa shape index (κ2) is 7.28. The van der Waals surface area contributed by atoms with Crippen LogP contribution in [0.25, 0.3) is 11.3 Å². The van der Waals surface area contributed by atoms with E-state index in [1.54, 1.807) is 12.3 Å². The summed E-state index contributed by atoms with van der Waals surface area (Å²) in [4.78, 5) is 23.7. The fourth-order valence-electron chi connectivity index (χ4n) is 2.19. The Labute approximate surface area is 138 Å². The van der Waals surface area contributed by atoms with Crippen LogP contribution in [0.3, 0.4) is 0 Å². The third-order valence-electron chi connectivity index (χ3n) is 3.38. The molecule has 2 heterocycles. The molecule has 0 atom stereocenters. The first-order chi connectivity index (χ1) is 11.7. The van der Waals surface area contributed by atoms with Crippen molar-refractivity contribution in [1.82, 2.24) is 15.5 Å². The lowest BCUT2D eigenvalue weighted by molar-refractivity contribution is -0.116. The Morgan fingerprint density at radius 2 is 2.12 bits per heavy atom. The van der Waals surface area contributed by atoms with Gasteiger partial charge < -0.3 is 15.1 Å². The van der Waals surface area contributed by atoms with Crippen molar-refractivity contribution in [1.29, 1.82) is 0 Å². The minimum atomic E-state index is -0.266. The molecule has 2 aromatic heterocycles. The molecule has 7 nitrogen and oxygen atoms in total. The Morgan fingerprint density at radius 3 is 2.88 bits per heavy atom. The maximum absolute atomic E-state index is 12.0. The molecule has 0 saturated carbocycles. The van der Waals surface area contributed by atoms with Gasteiger partial charge in [-0.15, -0.1) is 0 Å². The van der Waals surface area contributed by atoms with Crippen molar-refractivity contribution in [2.45, 2.75) is 6.42 Å². The molecule has 0 saturated heterocycles. The summed E-state index contributed by atoms with van der Waals surface area (Å²) in [5.74, 6) is -0.443. The molecule has 0 radical (unpaired) electrons. The molecule has 0 spiro atoms. The molecule has 3 rings (SSSR count). The third-order valence-corrected chi connectivity index (χ3v) is 3.38. The van der Waals surface area contributed by atoms with Crippen molar-refractivity contribution in [3.8, 4) is 11.3 Å². The summed E-state index contributed by atoms with van der Waals surface area (Å²) in [6, 6.07) is 10.9. The van der Waals surface area contributed by atoms with E-state index in [-0.39, 0.29) is 24.8 Å². The number of nitrogens with zero attached hydrogens (tertiary/aromatic N) is 1. The van der Waals surface area contributed by atoms with Gasteiger partial charge in [0.2, 0.25) is 5.91 Å². The van der Waals surface area contributed by atoms with Crippen LogP contribution >= 0.6 is 0 Å². The van der Waals surface area contributed by atoms with Gasteiger partial charge in [-0.1, -0.05) is 12.1 Å². The number of H-pyrrole nitrogens is 1. The summed E-state index contributed by atoms with van der Waals surface area (Å²) < 4.78 is 4.84. The zero-order valence-electron chi connectivity index (χ0n) is 12.8. The number of benzene rings is 1. The van der Waals surface area contributed by atoms with Crippen LogP contribution in [0.2, 0.25) is 0 Å². The van der Waals surface area contributed by atoms with Gasteiger partial charge in [0, 0.05) is 30.4 Å². The van der Waals surface area contributed by atoms with E-state index in [4.69, 9.17) is 4.42 Å². The first kappa shape index (κ1) is 15.5. The molecule has 0 aliphatic carbocycles. The molecule has 122 valence electrons. The number of hydrogen-bond donors (Lipinski definition) is 3. The molecule has 24 heavy (non-hydrogen) atoms. The van der Waals surface area contributed by atoms with Crippen molar-refractivity contribution in [2.75, 3.05) is 11.9 Å². The Morgan fingerprint density at radius 1 is 1.21 bits per heavy atom. The van der Waals surface area contributed by atoms with Crippen molar-refractivity contribution in [3.63, 3.8) is 0 Å². The first-order valence-corrected chi connectivity index (χ1v) is 7.42. The third kappa shape index (κ3) is 3.89. The molecule has 2 amide bonds. The van der Waals surface area contributed by atoms with Crippen molar-refractivity contribution >= 4 is 17.5 Å². The largest absolute Gasteiger partial charge is 0.472 e. The Bertz CT molecular complexity index is 810. The standard InChI is InChI=1S/C17H16N4O3/c22-16(5-7-18-17(23)13-6-9-24-11-13)20-14-3-1-2-12(10-14)15-4-8-19-21-15/h1-4,6,8-11H,5,7H2,(H,18,23)(H,19,21)(H,20,22). The number of carbonyl (C=O) groups is 2. The highest BCUT2D eigenvalue weighted by molar-refractivity contribution is 5.95. The van der Waals surface area contributed by atoms with Gasteiger partial charge in [-0.25, -0.2) is 0 Å². The lowest BCUT2D eigenvalue weighted by atomic mass is 10.1. The number of aromatic nitrogens is 2. The average molecular weight is 324 g/mol. The minimum absolute atomic E-state index is 0.177. The van der Waals surface area contributed by atoms with Gasteiger partial charge in [0.25, 0.3) is 5.91 Å². The van der Waals surface area contributed by atoms with Gasteiger partial charge in [-0.2, -0.15) is 5.10 Å². The van der Waals surface area contributed by atoms with E-state index in [2.05, 4.69) is 20.8 Å². The number of anilines is 1. The molecule has 0 aliphatic heterocycles. The van der Waals surface area contributed by atoms with Gasteiger partial charge in [-0.05, 0) is 24.3 Å². The van der Waals surface area contributed by atoms with Crippen LogP contribution in [-0.4, -0.2) is 28.6 Å². The molecular formula is C17H16N4O3. The molecule has 1 aromatic carbocycles. The lowest BCUT2D eigenvalue weighted by Gasteiger charge is -2.07. The normalized spacial score (nSPS) is 10.3. The Balaban J connectivity index is 1.50. The summed E-state index contributed by atoms with van der Waals surface area (Å²) in [5.41, 5.74) is 2.92. The van der Waals surface area contributed by atoms with Gasteiger partial charge in [0.05, 0.1) is 17.5 Å². The fraction of sp³-hybridized carbons (Fsp3) is 0.118. The van der Waals surface area contributed by atoms with Crippen LogP contribution in [0.1, 0.15) is 16.8 Å². The van der Waals surface area contributed by atoms with Crippen molar-refractivity contribution < 1.29 is 14.0 Å². The zero-order valence-corrected chi connectivity index (χ0v) is 12.8. The number of nitrogens with one attached hydrogen (secondary N) is 3. The number of rotatable bonds is 6. The van der Waals surface area contributed by atoms with E-state index in [0.29, 0.717) is 11.3 Å². The van der Waals surface area contributed by atoms with E-state index >= 15 is 0 Å². The molecule has 0 bridgehead atoms. The summed E-state index contributed by atoms with van der Waals surface area (Å²) >= 11 is 0.